The van der Waals surface area contributed by atoms with Crippen LogP contribution in [0.4, 0.5) is 10.1 Å². The maximum Gasteiger partial charge on any atom is 0.128 e. The van der Waals surface area contributed by atoms with E-state index in [2.05, 4.69) is 5.32 Å². The summed E-state index contributed by atoms with van der Waals surface area (Å²) in [6.45, 7) is 1.71. The van der Waals surface area contributed by atoms with Crippen molar-refractivity contribution < 1.29 is 14.2 Å². The number of benzene rings is 2. The molecule has 2 rings (SSSR count). The van der Waals surface area contributed by atoms with Gasteiger partial charge in [0.25, 0.3) is 0 Å². The largest absolute Gasteiger partial charge is 0.497 e. The molecule has 0 saturated carbocycles. The summed E-state index contributed by atoms with van der Waals surface area (Å²) in [6, 6.07) is 11.7. The topological polar surface area (TPSA) is 41.5 Å². The number of hydrogen-bond acceptors (Lipinski definition) is 3. The highest BCUT2D eigenvalue weighted by atomic mass is 19.1. The lowest BCUT2D eigenvalue weighted by molar-refractivity contribution is 0.274. The molecule has 0 amide bonds. The molecule has 0 heterocycles. The number of anilines is 1. The average Bonchev–Trinajstić information content (AvgIpc) is 2.48. The number of halogens is 1. The monoisotopic (exact) mass is 275 g/mol. The second-order valence-electron chi connectivity index (χ2n) is 4.63. The summed E-state index contributed by atoms with van der Waals surface area (Å²) in [6.07, 6.45) is 0. The third-order valence-corrected chi connectivity index (χ3v) is 3.14. The highest BCUT2D eigenvalue weighted by Gasteiger charge is 2.15. The Labute approximate surface area is 118 Å². The third-order valence-electron chi connectivity index (χ3n) is 3.14. The molecule has 4 heteroatoms. The van der Waals surface area contributed by atoms with Crippen molar-refractivity contribution in [2.75, 3.05) is 19.0 Å². The number of nitrogens with one attached hydrogen (secondary N) is 1. The lowest BCUT2D eigenvalue weighted by Gasteiger charge is -2.19. The van der Waals surface area contributed by atoms with Gasteiger partial charge in [0.15, 0.2) is 0 Å². The Bertz CT molecular complexity index is 569. The minimum Gasteiger partial charge on any atom is -0.497 e. The Morgan fingerprint density at radius 3 is 2.50 bits per heavy atom. The molecule has 0 spiro atoms. The van der Waals surface area contributed by atoms with Crippen molar-refractivity contribution in [2.24, 2.45) is 0 Å². The first-order chi connectivity index (χ1) is 9.63. The van der Waals surface area contributed by atoms with E-state index in [1.807, 2.05) is 31.2 Å². The molecule has 0 aliphatic rings. The molecule has 2 aromatic carbocycles. The van der Waals surface area contributed by atoms with Crippen molar-refractivity contribution in [3.05, 3.63) is 59.4 Å². The van der Waals surface area contributed by atoms with Gasteiger partial charge in [-0.1, -0.05) is 17.7 Å². The maximum absolute atomic E-state index is 13.9. The lowest BCUT2D eigenvalue weighted by atomic mass is 10.0. The van der Waals surface area contributed by atoms with E-state index in [-0.39, 0.29) is 12.4 Å². The molecule has 0 radical (unpaired) electrons. The van der Waals surface area contributed by atoms with Crippen molar-refractivity contribution in [3.63, 3.8) is 0 Å². The van der Waals surface area contributed by atoms with Gasteiger partial charge >= 0.3 is 0 Å². The van der Waals surface area contributed by atoms with Crippen LogP contribution < -0.4 is 10.1 Å². The van der Waals surface area contributed by atoms with Gasteiger partial charge in [-0.25, -0.2) is 4.39 Å². The Hall–Kier alpha value is -2.07. The number of aliphatic hydroxyl groups excluding tert-OH is 1. The number of hydrogen-bond donors (Lipinski definition) is 2. The van der Waals surface area contributed by atoms with Crippen molar-refractivity contribution in [2.45, 2.75) is 13.0 Å². The first-order valence-corrected chi connectivity index (χ1v) is 6.41. The average molecular weight is 275 g/mol. The lowest BCUT2D eigenvalue weighted by Crippen LogP contribution is -2.16. The van der Waals surface area contributed by atoms with Crippen molar-refractivity contribution >= 4 is 5.69 Å². The van der Waals surface area contributed by atoms with Crippen LogP contribution >= 0.6 is 0 Å². The van der Waals surface area contributed by atoms with Crippen LogP contribution in [0.1, 0.15) is 17.2 Å². The van der Waals surface area contributed by atoms with E-state index < -0.39 is 6.04 Å². The first-order valence-electron chi connectivity index (χ1n) is 6.41. The molecule has 2 aromatic rings. The Balaban J connectivity index is 2.21. The minimum atomic E-state index is -0.483. The fourth-order valence-corrected chi connectivity index (χ4v) is 2.04. The summed E-state index contributed by atoms with van der Waals surface area (Å²) in [5.41, 5.74) is 2.21. The van der Waals surface area contributed by atoms with Crippen molar-refractivity contribution in [1.82, 2.24) is 0 Å². The number of aliphatic hydroxyl groups is 1. The minimum absolute atomic E-state index is 0.188. The van der Waals surface area contributed by atoms with E-state index in [0.717, 1.165) is 17.0 Å². The summed E-state index contributed by atoms with van der Waals surface area (Å²) >= 11 is 0. The predicted molar refractivity (Wildman–Crippen MR) is 77.6 cm³/mol. The molecule has 0 aliphatic heterocycles. The van der Waals surface area contributed by atoms with Gasteiger partial charge in [0.2, 0.25) is 0 Å². The molecule has 0 bridgehead atoms. The van der Waals surface area contributed by atoms with Crippen LogP contribution in [-0.4, -0.2) is 18.8 Å². The Kier molecular flexibility index (Phi) is 4.58. The summed E-state index contributed by atoms with van der Waals surface area (Å²) in [5.74, 6) is 0.425. The van der Waals surface area contributed by atoms with Crippen LogP contribution in [0.2, 0.25) is 0 Å². The van der Waals surface area contributed by atoms with E-state index in [4.69, 9.17) is 4.74 Å². The van der Waals surface area contributed by atoms with Crippen LogP contribution in [-0.2, 0) is 0 Å². The second kappa shape index (κ2) is 6.39. The molecule has 106 valence electrons. The molecular weight excluding hydrogens is 257 g/mol. The quantitative estimate of drug-likeness (QED) is 0.879. The zero-order valence-electron chi connectivity index (χ0n) is 11.6. The standard InChI is InChI=1S/C16H18FNO2/c1-11-3-8-15(17)14(9-11)16(10-19)18-12-4-6-13(20-2)7-5-12/h3-9,16,18-19H,10H2,1-2H3. The molecule has 1 atom stereocenters. The normalized spacial score (nSPS) is 12.0. The van der Waals surface area contributed by atoms with Crippen LogP contribution in [0.5, 0.6) is 5.75 Å². The van der Waals surface area contributed by atoms with Gasteiger partial charge in [-0.3, -0.25) is 0 Å². The van der Waals surface area contributed by atoms with E-state index in [1.54, 1.807) is 19.2 Å². The summed E-state index contributed by atoms with van der Waals surface area (Å²) in [7, 11) is 1.60. The maximum atomic E-state index is 13.9. The van der Waals surface area contributed by atoms with E-state index in [0.29, 0.717) is 5.56 Å². The van der Waals surface area contributed by atoms with E-state index in [9.17, 15) is 9.50 Å². The van der Waals surface area contributed by atoms with Crippen LogP contribution in [0.3, 0.4) is 0 Å². The zero-order chi connectivity index (χ0) is 14.5. The molecule has 0 aromatic heterocycles. The van der Waals surface area contributed by atoms with Crippen molar-refractivity contribution in [1.29, 1.82) is 0 Å². The smallest absolute Gasteiger partial charge is 0.128 e. The Morgan fingerprint density at radius 1 is 1.20 bits per heavy atom. The van der Waals surface area contributed by atoms with E-state index >= 15 is 0 Å². The third kappa shape index (κ3) is 3.27. The number of aryl methyl sites for hydroxylation is 1. The molecule has 3 nitrogen and oxygen atoms in total. The van der Waals surface area contributed by atoms with Gasteiger partial charge in [-0.2, -0.15) is 0 Å². The summed E-state index contributed by atoms with van der Waals surface area (Å²) < 4.78 is 18.9. The Morgan fingerprint density at radius 2 is 1.90 bits per heavy atom. The molecular formula is C16H18FNO2. The number of ether oxygens (including phenoxy) is 1. The van der Waals surface area contributed by atoms with Crippen LogP contribution in [0.25, 0.3) is 0 Å². The molecule has 20 heavy (non-hydrogen) atoms. The zero-order valence-corrected chi connectivity index (χ0v) is 11.6. The predicted octanol–water partition coefficient (Wildman–Crippen LogP) is 3.29. The summed E-state index contributed by atoms with van der Waals surface area (Å²) in [4.78, 5) is 0. The van der Waals surface area contributed by atoms with Crippen LogP contribution in [0.15, 0.2) is 42.5 Å². The van der Waals surface area contributed by atoms with Gasteiger partial charge < -0.3 is 15.2 Å². The molecule has 0 aliphatic carbocycles. The van der Waals surface area contributed by atoms with Gasteiger partial charge in [-0.15, -0.1) is 0 Å². The van der Waals surface area contributed by atoms with E-state index in [1.165, 1.54) is 6.07 Å². The van der Waals surface area contributed by atoms with Crippen molar-refractivity contribution in [3.8, 4) is 5.75 Å². The van der Waals surface area contributed by atoms with Gasteiger partial charge in [0.05, 0.1) is 19.8 Å². The first kappa shape index (κ1) is 14.3. The highest BCUT2D eigenvalue weighted by Crippen LogP contribution is 2.24. The fraction of sp³-hybridized carbons (Fsp3) is 0.250. The molecule has 0 saturated heterocycles. The fourth-order valence-electron chi connectivity index (χ4n) is 2.04. The summed E-state index contributed by atoms with van der Waals surface area (Å²) in [5, 5.41) is 12.6. The number of methoxy groups -OCH3 is 1. The number of rotatable bonds is 5. The van der Waals surface area contributed by atoms with Crippen LogP contribution in [0, 0.1) is 12.7 Å². The van der Waals surface area contributed by atoms with Gasteiger partial charge in [0.1, 0.15) is 11.6 Å². The molecule has 1 unspecified atom stereocenters. The second-order valence-corrected chi connectivity index (χ2v) is 4.63. The molecule has 2 N–H and O–H groups in total. The molecule has 0 fully saturated rings. The SMILES string of the molecule is COc1ccc(NC(CO)c2cc(C)ccc2F)cc1. The highest BCUT2D eigenvalue weighted by molar-refractivity contribution is 5.48. The van der Waals surface area contributed by atoms with Gasteiger partial charge in [-0.05, 0) is 37.3 Å². The van der Waals surface area contributed by atoms with Gasteiger partial charge in [0, 0.05) is 11.3 Å².